The second-order valence-electron chi connectivity index (χ2n) is 5.65. The van der Waals surface area contributed by atoms with E-state index in [1.54, 1.807) is 0 Å². The number of hydrogen-bond acceptors (Lipinski definition) is 2. The lowest BCUT2D eigenvalue weighted by Gasteiger charge is -2.12. The quantitative estimate of drug-likeness (QED) is 0.856. The van der Waals surface area contributed by atoms with E-state index in [-0.39, 0.29) is 6.03 Å². The molecule has 0 bridgehead atoms. The highest BCUT2D eigenvalue weighted by Crippen LogP contribution is 2.16. The lowest BCUT2D eigenvalue weighted by Crippen LogP contribution is -2.29. The molecular formula is C17H24N4O. The molecular weight excluding hydrogens is 276 g/mol. The number of urea groups is 1. The van der Waals surface area contributed by atoms with E-state index >= 15 is 0 Å². The molecule has 0 aliphatic carbocycles. The van der Waals surface area contributed by atoms with E-state index in [2.05, 4.69) is 40.1 Å². The summed E-state index contributed by atoms with van der Waals surface area (Å²) in [6, 6.07) is 7.74. The van der Waals surface area contributed by atoms with Crippen molar-refractivity contribution in [2.45, 2.75) is 39.7 Å². The van der Waals surface area contributed by atoms with Crippen molar-refractivity contribution in [1.29, 1.82) is 0 Å². The Hall–Kier alpha value is -2.30. The van der Waals surface area contributed by atoms with Gasteiger partial charge in [0.15, 0.2) is 0 Å². The first-order chi connectivity index (χ1) is 10.6. The third-order valence-corrected chi connectivity index (χ3v) is 3.34. The third-order valence-electron chi connectivity index (χ3n) is 3.34. The summed E-state index contributed by atoms with van der Waals surface area (Å²) >= 11 is 0. The van der Waals surface area contributed by atoms with Crippen molar-refractivity contribution in [2.24, 2.45) is 0 Å². The Balaban J connectivity index is 2.05. The van der Waals surface area contributed by atoms with Crippen molar-refractivity contribution in [1.82, 2.24) is 14.9 Å². The number of benzene rings is 1. The van der Waals surface area contributed by atoms with Crippen LogP contribution in [-0.2, 0) is 6.54 Å². The smallest absolute Gasteiger partial charge is 0.319 e. The van der Waals surface area contributed by atoms with Crippen molar-refractivity contribution in [3.05, 3.63) is 48.0 Å². The van der Waals surface area contributed by atoms with Crippen LogP contribution in [0.15, 0.2) is 36.7 Å². The molecule has 2 amide bonds. The van der Waals surface area contributed by atoms with E-state index in [9.17, 15) is 4.79 Å². The molecule has 5 nitrogen and oxygen atoms in total. The predicted molar refractivity (Wildman–Crippen MR) is 89.2 cm³/mol. The fourth-order valence-corrected chi connectivity index (χ4v) is 2.31. The summed E-state index contributed by atoms with van der Waals surface area (Å²) in [4.78, 5) is 16.1. The zero-order chi connectivity index (χ0) is 15.9. The summed E-state index contributed by atoms with van der Waals surface area (Å²) in [7, 11) is 0. The van der Waals surface area contributed by atoms with Crippen LogP contribution in [0.5, 0.6) is 0 Å². The Morgan fingerprint density at radius 1 is 1.36 bits per heavy atom. The molecule has 1 heterocycles. The van der Waals surface area contributed by atoms with Crippen LogP contribution in [0.4, 0.5) is 10.5 Å². The number of anilines is 1. The van der Waals surface area contributed by atoms with E-state index in [1.165, 1.54) is 0 Å². The summed E-state index contributed by atoms with van der Waals surface area (Å²) in [5, 5.41) is 5.66. The monoisotopic (exact) mass is 300 g/mol. The Labute approximate surface area is 131 Å². The van der Waals surface area contributed by atoms with E-state index in [0.717, 1.165) is 30.0 Å². The molecule has 118 valence electrons. The second kappa shape index (κ2) is 7.64. The molecule has 0 fully saturated rings. The molecule has 1 aromatic heterocycles. The number of hydrogen-bond donors (Lipinski definition) is 2. The number of rotatable bonds is 6. The standard InChI is InChI=1S/C17H24N4O/c1-4-8-19-17(22)20-15-7-5-6-14(11-15)12-21-10-9-18-16(21)13(2)3/h5-7,9-11,13H,4,8,12H2,1-3H3,(H2,19,20,22). The minimum absolute atomic E-state index is 0.162. The van der Waals surface area contributed by atoms with Crippen LogP contribution in [0.1, 0.15) is 44.5 Å². The van der Waals surface area contributed by atoms with E-state index in [1.807, 2.05) is 37.5 Å². The summed E-state index contributed by atoms with van der Waals surface area (Å²) in [5.74, 6) is 1.45. The first-order valence-corrected chi connectivity index (χ1v) is 7.75. The minimum atomic E-state index is -0.162. The average Bonchev–Trinajstić information content (AvgIpc) is 2.94. The van der Waals surface area contributed by atoms with E-state index in [0.29, 0.717) is 12.5 Å². The second-order valence-corrected chi connectivity index (χ2v) is 5.65. The van der Waals surface area contributed by atoms with Gasteiger partial charge in [-0.1, -0.05) is 32.9 Å². The molecule has 0 atom stereocenters. The Morgan fingerprint density at radius 2 is 2.18 bits per heavy atom. The van der Waals surface area contributed by atoms with Gasteiger partial charge in [0.1, 0.15) is 5.82 Å². The van der Waals surface area contributed by atoms with E-state index < -0.39 is 0 Å². The summed E-state index contributed by atoms with van der Waals surface area (Å²) < 4.78 is 2.14. The number of nitrogens with one attached hydrogen (secondary N) is 2. The van der Waals surface area contributed by atoms with Crippen LogP contribution in [0.25, 0.3) is 0 Å². The number of carbonyl (C=O) groups is 1. The van der Waals surface area contributed by atoms with Crippen molar-refractivity contribution < 1.29 is 4.79 Å². The van der Waals surface area contributed by atoms with Gasteiger partial charge in [-0.05, 0) is 24.1 Å². The van der Waals surface area contributed by atoms with Gasteiger partial charge in [-0.25, -0.2) is 9.78 Å². The van der Waals surface area contributed by atoms with Gasteiger partial charge >= 0.3 is 6.03 Å². The highest BCUT2D eigenvalue weighted by atomic mass is 16.2. The zero-order valence-electron chi connectivity index (χ0n) is 13.5. The van der Waals surface area contributed by atoms with Crippen LogP contribution >= 0.6 is 0 Å². The maximum Gasteiger partial charge on any atom is 0.319 e. The predicted octanol–water partition coefficient (Wildman–Crippen LogP) is 3.59. The fraction of sp³-hybridized carbons (Fsp3) is 0.412. The lowest BCUT2D eigenvalue weighted by molar-refractivity contribution is 0.252. The van der Waals surface area contributed by atoms with Crippen molar-refractivity contribution >= 4 is 11.7 Å². The molecule has 22 heavy (non-hydrogen) atoms. The molecule has 0 saturated heterocycles. The molecule has 0 spiro atoms. The average molecular weight is 300 g/mol. The first-order valence-electron chi connectivity index (χ1n) is 7.75. The van der Waals surface area contributed by atoms with Gasteiger partial charge < -0.3 is 15.2 Å². The fourth-order valence-electron chi connectivity index (χ4n) is 2.31. The van der Waals surface area contributed by atoms with Crippen molar-refractivity contribution in [3.8, 4) is 0 Å². The highest BCUT2D eigenvalue weighted by Gasteiger charge is 2.08. The summed E-state index contributed by atoms with van der Waals surface area (Å²) in [5.41, 5.74) is 1.94. The third kappa shape index (κ3) is 4.35. The number of carbonyl (C=O) groups excluding carboxylic acids is 1. The van der Waals surface area contributed by atoms with Gasteiger partial charge in [0.25, 0.3) is 0 Å². The van der Waals surface area contributed by atoms with Gasteiger partial charge in [0.05, 0.1) is 0 Å². The maximum absolute atomic E-state index is 11.7. The molecule has 0 radical (unpaired) electrons. The number of imidazole rings is 1. The maximum atomic E-state index is 11.7. The number of amides is 2. The van der Waals surface area contributed by atoms with Gasteiger partial charge in [-0.3, -0.25) is 0 Å². The van der Waals surface area contributed by atoms with Gasteiger partial charge in [0, 0.05) is 37.1 Å². The van der Waals surface area contributed by atoms with E-state index in [4.69, 9.17) is 0 Å². The van der Waals surface area contributed by atoms with Crippen molar-refractivity contribution in [3.63, 3.8) is 0 Å². The van der Waals surface area contributed by atoms with Crippen molar-refractivity contribution in [2.75, 3.05) is 11.9 Å². The molecule has 0 saturated carbocycles. The normalized spacial score (nSPS) is 10.7. The van der Waals surface area contributed by atoms with Crippen LogP contribution < -0.4 is 10.6 Å². The summed E-state index contributed by atoms with van der Waals surface area (Å²) in [6.45, 7) is 7.72. The lowest BCUT2D eigenvalue weighted by atomic mass is 10.1. The molecule has 0 aliphatic heterocycles. The largest absolute Gasteiger partial charge is 0.338 e. The van der Waals surface area contributed by atoms with Gasteiger partial charge in [0.2, 0.25) is 0 Å². The molecule has 0 unspecified atom stereocenters. The Kier molecular flexibility index (Phi) is 5.58. The molecule has 1 aromatic carbocycles. The summed E-state index contributed by atoms with van der Waals surface area (Å²) in [6.07, 6.45) is 4.74. The minimum Gasteiger partial charge on any atom is -0.338 e. The van der Waals surface area contributed by atoms with Crippen LogP contribution in [-0.4, -0.2) is 22.1 Å². The Morgan fingerprint density at radius 3 is 2.91 bits per heavy atom. The van der Waals surface area contributed by atoms with Gasteiger partial charge in [-0.2, -0.15) is 0 Å². The highest BCUT2D eigenvalue weighted by molar-refractivity contribution is 5.89. The molecule has 0 aliphatic rings. The first kappa shape index (κ1) is 16.1. The molecule has 2 rings (SSSR count). The number of nitrogens with zero attached hydrogens (tertiary/aromatic N) is 2. The SMILES string of the molecule is CCCNC(=O)Nc1cccc(Cn2ccnc2C(C)C)c1. The topological polar surface area (TPSA) is 59.0 Å². The molecule has 2 N–H and O–H groups in total. The Bertz CT molecular complexity index is 619. The molecule has 2 aromatic rings. The van der Waals surface area contributed by atoms with Crippen LogP contribution in [0.3, 0.4) is 0 Å². The zero-order valence-corrected chi connectivity index (χ0v) is 13.5. The van der Waals surface area contributed by atoms with Crippen LogP contribution in [0, 0.1) is 0 Å². The van der Waals surface area contributed by atoms with Crippen LogP contribution in [0.2, 0.25) is 0 Å². The van der Waals surface area contributed by atoms with Gasteiger partial charge in [-0.15, -0.1) is 0 Å². The number of aromatic nitrogens is 2. The molecule has 5 heteroatoms.